The molecule has 0 saturated heterocycles. The molecule has 2 aromatic rings. The molecule has 2 aliphatic rings. The van der Waals surface area contributed by atoms with Crippen molar-refractivity contribution < 1.29 is 4.79 Å². The Labute approximate surface area is 155 Å². The van der Waals surface area contributed by atoms with Crippen LogP contribution in [0.15, 0.2) is 36.5 Å². The van der Waals surface area contributed by atoms with Crippen LogP contribution < -0.4 is 5.32 Å². The molecule has 5 nitrogen and oxygen atoms in total. The van der Waals surface area contributed by atoms with Gasteiger partial charge in [0, 0.05) is 38.8 Å². The summed E-state index contributed by atoms with van der Waals surface area (Å²) in [5.74, 6) is 0.854. The summed E-state index contributed by atoms with van der Waals surface area (Å²) < 4.78 is 2.15. The summed E-state index contributed by atoms with van der Waals surface area (Å²) >= 11 is 0. The zero-order chi connectivity index (χ0) is 17.9. The third kappa shape index (κ3) is 4.33. The highest BCUT2D eigenvalue weighted by molar-refractivity contribution is 5.76. The van der Waals surface area contributed by atoms with E-state index in [0.29, 0.717) is 18.4 Å². The molecule has 5 heteroatoms. The van der Waals surface area contributed by atoms with Gasteiger partial charge in [0.25, 0.3) is 0 Å². The Hall–Kier alpha value is -2.14. The van der Waals surface area contributed by atoms with Crippen molar-refractivity contribution in [3.63, 3.8) is 0 Å². The molecule has 0 radical (unpaired) electrons. The molecule has 0 bridgehead atoms. The number of hydrogen-bond acceptors (Lipinski definition) is 3. The van der Waals surface area contributed by atoms with E-state index in [1.54, 1.807) is 0 Å². The zero-order valence-electron chi connectivity index (χ0n) is 15.5. The maximum Gasteiger partial charge on any atom is 0.220 e. The second kappa shape index (κ2) is 7.62. The highest BCUT2D eigenvalue weighted by Gasteiger charge is 2.26. The zero-order valence-corrected chi connectivity index (χ0v) is 15.5. The molecule has 1 atom stereocenters. The lowest BCUT2D eigenvalue weighted by atomic mass is 10.1. The van der Waals surface area contributed by atoms with Gasteiger partial charge in [-0.25, -0.2) is 0 Å². The molecule has 26 heavy (non-hydrogen) atoms. The average Bonchev–Trinajstić information content (AvgIpc) is 3.28. The molecule has 4 rings (SSSR count). The molecule has 138 valence electrons. The molecule has 1 aromatic heterocycles. The first-order chi connectivity index (χ1) is 12.7. The van der Waals surface area contributed by atoms with E-state index in [4.69, 9.17) is 0 Å². The minimum Gasteiger partial charge on any atom is -0.356 e. The van der Waals surface area contributed by atoms with Gasteiger partial charge in [0.05, 0.1) is 11.7 Å². The quantitative estimate of drug-likeness (QED) is 0.833. The molecule has 0 unspecified atom stereocenters. The molecule has 1 aliphatic carbocycles. The van der Waals surface area contributed by atoms with Crippen LogP contribution >= 0.6 is 0 Å². The van der Waals surface area contributed by atoms with E-state index in [-0.39, 0.29) is 5.91 Å². The third-order valence-electron chi connectivity index (χ3n) is 5.41. The number of aromatic nitrogens is 2. The predicted octanol–water partition coefficient (Wildman–Crippen LogP) is 3.05. The van der Waals surface area contributed by atoms with E-state index in [1.807, 2.05) is 6.20 Å². The third-order valence-corrected chi connectivity index (χ3v) is 5.41. The Morgan fingerprint density at radius 1 is 1.31 bits per heavy atom. The van der Waals surface area contributed by atoms with Gasteiger partial charge in [0.2, 0.25) is 5.91 Å². The SMILES string of the molecule is Cc1cccc(CN2Cc3ccnn3[C@@H](CCNC(=O)CC3CC3)C2)c1. The number of nitrogens with zero attached hydrogens (tertiary/aromatic N) is 3. The van der Waals surface area contributed by atoms with E-state index in [1.165, 1.54) is 29.7 Å². The molecule has 2 heterocycles. The molecule has 0 spiro atoms. The lowest BCUT2D eigenvalue weighted by Crippen LogP contribution is -2.39. The summed E-state index contributed by atoms with van der Waals surface area (Å²) in [4.78, 5) is 14.4. The Morgan fingerprint density at radius 2 is 2.19 bits per heavy atom. The molecular weight excluding hydrogens is 324 g/mol. The maximum absolute atomic E-state index is 11.9. The van der Waals surface area contributed by atoms with Crippen LogP contribution in [0.4, 0.5) is 0 Å². The Kier molecular flexibility index (Phi) is 5.07. The number of fused-ring (bicyclic) bond motifs is 1. The molecular formula is C21H28N4O. The molecule has 1 fully saturated rings. The van der Waals surface area contributed by atoms with Gasteiger partial charge in [-0.2, -0.15) is 5.10 Å². The average molecular weight is 352 g/mol. The summed E-state index contributed by atoms with van der Waals surface area (Å²) in [6.07, 6.45) is 5.97. The van der Waals surface area contributed by atoms with Crippen molar-refractivity contribution in [3.05, 3.63) is 53.3 Å². The topological polar surface area (TPSA) is 50.2 Å². The summed E-state index contributed by atoms with van der Waals surface area (Å²) in [5, 5.41) is 7.62. The van der Waals surface area contributed by atoms with Gasteiger partial charge < -0.3 is 5.32 Å². The Morgan fingerprint density at radius 3 is 3.00 bits per heavy atom. The van der Waals surface area contributed by atoms with Gasteiger partial charge in [-0.3, -0.25) is 14.4 Å². The minimum absolute atomic E-state index is 0.209. The van der Waals surface area contributed by atoms with Crippen LogP contribution in [-0.4, -0.2) is 33.7 Å². The number of rotatable bonds is 7. The van der Waals surface area contributed by atoms with Crippen molar-refractivity contribution in [2.24, 2.45) is 5.92 Å². The second-order valence-corrected chi connectivity index (χ2v) is 7.87. The van der Waals surface area contributed by atoms with Crippen molar-refractivity contribution in [2.45, 2.75) is 51.7 Å². The number of nitrogens with one attached hydrogen (secondary N) is 1. The maximum atomic E-state index is 11.9. The number of carbonyl (C=O) groups excluding carboxylic acids is 1. The van der Waals surface area contributed by atoms with Gasteiger partial charge >= 0.3 is 0 Å². The van der Waals surface area contributed by atoms with Crippen LogP contribution in [0.5, 0.6) is 0 Å². The molecule has 1 N–H and O–H groups in total. The van der Waals surface area contributed by atoms with E-state index in [9.17, 15) is 4.79 Å². The molecule has 1 aliphatic heterocycles. The van der Waals surface area contributed by atoms with Crippen molar-refractivity contribution in [1.29, 1.82) is 0 Å². The van der Waals surface area contributed by atoms with Crippen LogP contribution in [-0.2, 0) is 17.9 Å². The van der Waals surface area contributed by atoms with Crippen molar-refractivity contribution in [1.82, 2.24) is 20.0 Å². The summed E-state index contributed by atoms with van der Waals surface area (Å²) in [6, 6.07) is 11.2. The number of amides is 1. The number of benzene rings is 1. The first-order valence-electron chi connectivity index (χ1n) is 9.74. The largest absolute Gasteiger partial charge is 0.356 e. The second-order valence-electron chi connectivity index (χ2n) is 7.87. The van der Waals surface area contributed by atoms with Crippen LogP contribution in [0.25, 0.3) is 0 Å². The lowest BCUT2D eigenvalue weighted by molar-refractivity contribution is -0.121. The highest BCUT2D eigenvalue weighted by atomic mass is 16.1. The smallest absolute Gasteiger partial charge is 0.220 e. The van der Waals surface area contributed by atoms with Crippen molar-refractivity contribution in [3.8, 4) is 0 Å². The molecule has 1 aromatic carbocycles. The van der Waals surface area contributed by atoms with E-state index in [2.05, 4.69) is 57.3 Å². The van der Waals surface area contributed by atoms with E-state index >= 15 is 0 Å². The van der Waals surface area contributed by atoms with Gasteiger partial charge in [-0.1, -0.05) is 29.8 Å². The first-order valence-corrected chi connectivity index (χ1v) is 9.74. The van der Waals surface area contributed by atoms with Gasteiger partial charge in [0.1, 0.15) is 0 Å². The fraction of sp³-hybridized carbons (Fsp3) is 0.524. The van der Waals surface area contributed by atoms with Gasteiger partial charge in [0.15, 0.2) is 0 Å². The van der Waals surface area contributed by atoms with E-state index < -0.39 is 0 Å². The number of aryl methyl sites for hydroxylation is 1. The van der Waals surface area contributed by atoms with Crippen molar-refractivity contribution in [2.75, 3.05) is 13.1 Å². The van der Waals surface area contributed by atoms with Crippen LogP contribution in [0.1, 0.15) is 48.5 Å². The van der Waals surface area contributed by atoms with E-state index in [0.717, 1.165) is 32.6 Å². The van der Waals surface area contributed by atoms with Crippen molar-refractivity contribution >= 4 is 5.91 Å². The highest BCUT2D eigenvalue weighted by Crippen LogP contribution is 2.32. The summed E-state index contributed by atoms with van der Waals surface area (Å²) in [6.45, 7) is 5.73. The van der Waals surface area contributed by atoms with Crippen LogP contribution in [0.2, 0.25) is 0 Å². The van der Waals surface area contributed by atoms with Crippen LogP contribution in [0, 0.1) is 12.8 Å². The lowest BCUT2D eigenvalue weighted by Gasteiger charge is -2.34. The Balaban J connectivity index is 1.35. The number of hydrogen-bond donors (Lipinski definition) is 1. The first kappa shape index (κ1) is 17.3. The standard InChI is InChI=1S/C21H28N4O/c1-16-3-2-4-18(11-16)13-24-14-19(25-20(15-24)8-10-23-25)7-9-22-21(26)12-17-5-6-17/h2-4,8,10-11,17,19H,5-7,9,12-15H2,1H3,(H,22,26)/t19-/m0/s1. The molecule has 1 amide bonds. The van der Waals surface area contributed by atoms with Crippen LogP contribution in [0.3, 0.4) is 0 Å². The normalized spacial score (nSPS) is 20.0. The fourth-order valence-electron chi connectivity index (χ4n) is 3.90. The monoisotopic (exact) mass is 352 g/mol. The molecule has 1 saturated carbocycles. The van der Waals surface area contributed by atoms with Gasteiger partial charge in [-0.15, -0.1) is 0 Å². The summed E-state index contributed by atoms with van der Waals surface area (Å²) in [7, 11) is 0. The summed E-state index contributed by atoms with van der Waals surface area (Å²) in [5.41, 5.74) is 3.92. The number of carbonyl (C=O) groups is 1. The van der Waals surface area contributed by atoms with Gasteiger partial charge in [-0.05, 0) is 43.7 Å². The fourth-order valence-corrected chi connectivity index (χ4v) is 3.90. The minimum atomic E-state index is 0.209. The Bertz CT molecular complexity index is 765. The predicted molar refractivity (Wildman–Crippen MR) is 102 cm³/mol.